The van der Waals surface area contributed by atoms with Gasteiger partial charge < -0.3 is 14.5 Å². The number of oxazole rings is 1. The Hall–Kier alpha value is -1.65. The molecule has 0 atom stereocenters. The number of hydrogen-bond donors (Lipinski definition) is 1. The molecule has 0 saturated heterocycles. The highest BCUT2D eigenvalue weighted by atomic mass is 16.5. The van der Waals surface area contributed by atoms with Crippen LogP contribution in [0.5, 0.6) is 0 Å². The summed E-state index contributed by atoms with van der Waals surface area (Å²) in [4.78, 5) is 4.26. The lowest BCUT2D eigenvalue weighted by molar-refractivity contribution is 0.199. The van der Waals surface area contributed by atoms with Gasteiger partial charge in [-0.3, -0.25) is 0 Å². The van der Waals surface area contributed by atoms with E-state index in [0.717, 1.165) is 30.0 Å². The first-order valence-electron chi connectivity index (χ1n) is 6.56. The summed E-state index contributed by atoms with van der Waals surface area (Å²) in [5.74, 6) is 0.840. The molecule has 102 valence electrons. The fraction of sp³-hybridized carbons (Fsp3) is 0.400. The lowest BCUT2D eigenvalue weighted by atomic mass is 10.1. The van der Waals surface area contributed by atoms with Crippen molar-refractivity contribution in [3.05, 3.63) is 41.9 Å². The van der Waals surface area contributed by atoms with Crippen LogP contribution in [0.1, 0.15) is 18.2 Å². The molecule has 0 fully saturated rings. The molecule has 1 aromatic carbocycles. The van der Waals surface area contributed by atoms with Gasteiger partial charge in [0.15, 0.2) is 12.2 Å². The van der Waals surface area contributed by atoms with Crippen LogP contribution in [-0.2, 0) is 17.7 Å². The predicted molar refractivity (Wildman–Crippen MR) is 74.9 cm³/mol. The van der Waals surface area contributed by atoms with Crippen molar-refractivity contribution in [3.63, 3.8) is 0 Å². The summed E-state index contributed by atoms with van der Waals surface area (Å²) in [5.41, 5.74) is 3.32. The second-order valence-corrected chi connectivity index (χ2v) is 4.35. The maximum Gasteiger partial charge on any atom is 0.181 e. The molecule has 2 aromatic rings. The number of benzene rings is 1. The lowest BCUT2D eigenvalue weighted by Crippen LogP contribution is -2.19. The second-order valence-electron chi connectivity index (χ2n) is 4.35. The zero-order valence-electron chi connectivity index (χ0n) is 11.5. The van der Waals surface area contributed by atoms with Crippen molar-refractivity contribution in [1.29, 1.82) is 0 Å². The van der Waals surface area contributed by atoms with Crippen LogP contribution in [0.15, 0.2) is 35.1 Å². The highest BCUT2D eigenvalue weighted by molar-refractivity contribution is 5.60. The number of aryl methyl sites for hydroxylation is 1. The molecule has 2 rings (SSSR count). The maximum atomic E-state index is 5.50. The number of methoxy groups -OCH3 is 1. The van der Waals surface area contributed by atoms with Crippen molar-refractivity contribution in [3.8, 4) is 11.3 Å². The van der Waals surface area contributed by atoms with Gasteiger partial charge in [-0.1, -0.05) is 31.2 Å². The van der Waals surface area contributed by atoms with Crippen molar-refractivity contribution in [2.24, 2.45) is 0 Å². The average Bonchev–Trinajstić information content (AvgIpc) is 2.92. The highest BCUT2D eigenvalue weighted by Gasteiger charge is 2.10. The normalized spacial score (nSPS) is 10.8. The van der Waals surface area contributed by atoms with Gasteiger partial charge in [-0.25, -0.2) is 4.98 Å². The van der Waals surface area contributed by atoms with Gasteiger partial charge in [0.2, 0.25) is 0 Å². The molecule has 0 radical (unpaired) electrons. The van der Waals surface area contributed by atoms with Gasteiger partial charge in [-0.15, -0.1) is 0 Å². The summed E-state index contributed by atoms with van der Waals surface area (Å²) in [5, 5.41) is 3.27. The molecule has 4 nitrogen and oxygen atoms in total. The molecule has 19 heavy (non-hydrogen) atoms. The molecule has 1 aromatic heterocycles. The Bertz CT molecular complexity index is 491. The van der Waals surface area contributed by atoms with Gasteiger partial charge in [0.1, 0.15) is 5.69 Å². The van der Waals surface area contributed by atoms with Crippen LogP contribution < -0.4 is 5.32 Å². The molecule has 1 heterocycles. The third kappa shape index (κ3) is 3.66. The smallest absolute Gasteiger partial charge is 0.181 e. The van der Waals surface area contributed by atoms with Crippen LogP contribution in [0.4, 0.5) is 0 Å². The summed E-state index contributed by atoms with van der Waals surface area (Å²) in [7, 11) is 1.69. The van der Waals surface area contributed by atoms with Gasteiger partial charge in [-0.2, -0.15) is 0 Å². The molecular formula is C15H20N2O2. The molecule has 1 N–H and O–H groups in total. The molecule has 0 aliphatic carbocycles. The van der Waals surface area contributed by atoms with E-state index in [0.29, 0.717) is 13.2 Å². The van der Waals surface area contributed by atoms with E-state index in [2.05, 4.69) is 41.5 Å². The van der Waals surface area contributed by atoms with E-state index in [1.807, 2.05) is 0 Å². The number of rotatable bonds is 7. The standard InChI is InChI=1S/C15H20N2O2/c1-3-12-4-6-13(7-5-12)15-14(17-11-19-15)10-16-8-9-18-2/h4-7,11,16H,3,8-10H2,1-2H3. The van der Waals surface area contributed by atoms with Gasteiger partial charge in [0.05, 0.1) is 6.61 Å². The Morgan fingerprint density at radius 1 is 1.26 bits per heavy atom. The van der Waals surface area contributed by atoms with Crippen molar-refractivity contribution < 1.29 is 9.15 Å². The van der Waals surface area contributed by atoms with Crippen molar-refractivity contribution in [2.45, 2.75) is 19.9 Å². The Morgan fingerprint density at radius 2 is 2.05 bits per heavy atom. The fourth-order valence-electron chi connectivity index (χ4n) is 1.90. The minimum Gasteiger partial charge on any atom is -0.443 e. The van der Waals surface area contributed by atoms with Crippen LogP contribution in [0, 0.1) is 0 Å². The van der Waals surface area contributed by atoms with E-state index >= 15 is 0 Å². The number of nitrogens with one attached hydrogen (secondary N) is 1. The monoisotopic (exact) mass is 260 g/mol. The zero-order valence-corrected chi connectivity index (χ0v) is 11.5. The Kier molecular flexibility index (Phi) is 5.12. The predicted octanol–water partition coefficient (Wildman–Crippen LogP) is 2.64. The molecular weight excluding hydrogens is 240 g/mol. The number of nitrogens with zero attached hydrogens (tertiary/aromatic N) is 1. The number of aromatic nitrogens is 1. The summed E-state index contributed by atoms with van der Waals surface area (Å²) < 4.78 is 10.5. The zero-order chi connectivity index (χ0) is 13.5. The third-order valence-electron chi connectivity index (χ3n) is 3.04. The Balaban J connectivity index is 2.05. The first kappa shape index (κ1) is 13.8. The number of hydrogen-bond acceptors (Lipinski definition) is 4. The molecule has 0 unspecified atom stereocenters. The van der Waals surface area contributed by atoms with Crippen LogP contribution in [0.2, 0.25) is 0 Å². The van der Waals surface area contributed by atoms with Crippen LogP contribution in [-0.4, -0.2) is 25.2 Å². The van der Waals surface area contributed by atoms with E-state index in [4.69, 9.17) is 9.15 Å². The van der Waals surface area contributed by atoms with Crippen LogP contribution >= 0.6 is 0 Å². The van der Waals surface area contributed by atoms with Crippen molar-refractivity contribution in [2.75, 3.05) is 20.3 Å². The molecule has 0 bridgehead atoms. The second kappa shape index (κ2) is 7.07. The molecule has 0 aliphatic rings. The minimum absolute atomic E-state index is 0.685. The molecule has 0 saturated carbocycles. The third-order valence-corrected chi connectivity index (χ3v) is 3.04. The highest BCUT2D eigenvalue weighted by Crippen LogP contribution is 2.23. The molecule has 4 heteroatoms. The van der Waals surface area contributed by atoms with E-state index in [9.17, 15) is 0 Å². The topological polar surface area (TPSA) is 47.3 Å². The van der Waals surface area contributed by atoms with Gasteiger partial charge in [0.25, 0.3) is 0 Å². The fourth-order valence-corrected chi connectivity index (χ4v) is 1.90. The van der Waals surface area contributed by atoms with Crippen molar-refractivity contribution >= 4 is 0 Å². The van der Waals surface area contributed by atoms with Crippen LogP contribution in [0.3, 0.4) is 0 Å². The summed E-state index contributed by atoms with van der Waals surface area (Å²) in [6.07, 6.45) is 2.54. The first-order valence-corrected chi connectivity index (χ1v) is 6.56. The van der Waals surface area contributed by atoms with Gasteiger partial charge >= 0.3 is 0 Å². The van der Waals surface area contributed by atoms with Gasteiger partial charge in [0, 0.05) is 25.8 Å². The molecule has 0 spiro atoms. The maximum absolute atomic E-state index is 5.50. The molecule has 0 aliphatic heterocycles. The minimum atomic E-state index is 0.685. The SMILES string of the molecule is CCc1ccc(-c2ocnc2CNCCOC)cc1. The van der Waals surface area contributed by atoms with E-state index in [1.165, 1.54) is 12.0 Å². The molecule has 0 amide bonds. The van der Waals surface area contributed by atoms with Gasteiger partial charge in [-0.05, 0) is 12.0 Å². The number of ether oxygens (including phenoxy) is 1. The summed E-state index contributed by atoms with van der Waals surface area (Å²) >= 11 is 0. The largest absolute Gasteiger partial charge is 0.443 e. The van der Waals surface area contributed by atoms with Crippen molar-refractivity contribution in [1.82, 2.24) is 10.3 Å². The summed E-state index contributed by atoms with van der Waals surface area (Å²) in [6, 6.07) is 8.41. The summed E-state index contributed by atoms with van der Waals surface area (Å²) in [6.45, 7) is 4.33. The average molecular weight is 260 g/mol. The first-order chi connectivity index (χ1) is 9.35. The van der Waals surface area contributed by atoms with E-state index in [-0.39, 0.29) is 0 Å². The Labute approximate surface area is 113 Å². The lowest BCUT2D eigenvalue weighted by Gasteiger charge is -2.04. The Morgan fingerprint density at radius 3 is 2.74 bits per heavy atom. The van der Waals surface area contributed by atoms with E-state index in [1.54, 1.807) is 7.11 Å². The van der Waals surface area contributed by atoms with Crippen LogP contribution in [0.25, 0.3) is 11.3 Å². The quantitative estimate of drug-likeness (QED) is 0.777. The van der Waals surface area contributed by atoms with E-state index < -0.39 is 0 Å².